The van der Waals surface area contributed by atoms with Crippen molar-refractivity contribution in [1.82, 2.24) is 0 Å². The minimum Gasteiger partial charge on any atom is -0.544 e. The summed E-state index contributed by atoms with van der Waals surface area (Å²) in [5.41, 5.74) is 0. The molecule has 0 fully saturated rings. The number of hydrogen-bond donors (Lipinski definition) is 0. The number of aliphatic carboxylic acids is 1. The number of carbonyl (C=O) groups excluding carboxylic acids is 3. The highest BCUT2D eigenvalue weighted by atomic mass is 16.6. The molecule has 0 aromatic heterocycles. The number of carboxylic acid groups (broad SMARTS) is 1. The first-order valence-electron chi connectivity index (χ1n) is 23.2. The van der Waals surface area contributed by atoms with E-state index in [-0.39, 0.29) is 49.1 Å². The van der Waals surface area contributed by atoms with Gasteiger partial charge in [0.05, 0.1) is 40.3 Å². The number of ether oxygens (including phenoxy) is 3. The molecular formula is C51H85NO7. The van der Waals surface area contributed by atoms with Gasteiger partial charge in [-0.05, 0) is 70.6 Å². The SMILES string of the molecule is CCCCC/C=C/C=C/C=C/C=C/CCCCCCCC(=O)OCC(COCCC(C(=O)[O-])[N+](C)(C)C)OC(=O)CCC/C=C/C/C=C/C/C=C/CCCCCCCC. The van der Waals surface area contributed by atoms with Crippen LogP contribution in [0.25, 0.3) is 0 Å². The lowest BCUT2D eigenvalue weighted by Crippen LogP contribution is -2.55. The average molecular weight is 824 g/mol. The Bertz CT molecular complexity index is 1240. The summed E-state index contributed by atoms with van der Waals surface area (Å²) < 4.78 is 17.1. The van der Waals surface area contributed by atoms with E-state index in [2.05, 4.69) is 92.8 Å². The number of likely N-dealkylation sites (N-methyl/N-ethyl adjacent to an activating group) is 1. The summed E-state index contributed by atoms with van der Waals surface area (Å²) in [7, 11) is 5.37. The minimum atomic E-state index is -1.14. The number of rotatable bonds is 40. The van der Waals surface area contributed by atoms with E-state index in [0.717, 1.165) is 70.6 Å². The Morgan fingerprint density at radius 2 is 0.983 bits per heavy atom. The van der Waals surface area contributed by atoms with Crippen molar-refractivity contribution in [3.8, 4) is 0 Å². The quantitative estimate of drug-likeness (QED) is 0.0199. The minimum absolute atomic E-state index is 0.00782. The van der Waals surface area contributed by atoms with Crippen LogP contribution in [0, 0.1) is 0 Å². The standard InChI is InChI=1S/C51H85NO7/c1-6-8-10-12-14-16-18-20-22-24-26-27-29-31-33-35-37-39-41-49(53)58-46-47(45-57-44-43-48(51(55)56)52(3,4)5)59-50(54)42-40-38-36-34-32-30-28-25-23-21-19-17-15-13-11-9-7-2/h14,16,18,20-24,26-28,30,34,36,47-48H,6-13,15,17,19,25,29,31-33,35,37-46H2,1-5H3/b16-14+,20-18+,23-21+,24-22+,27-26+,30-28+,36-34+. The summed E-state index contributed by atoms with van der Waals surface area (Å²) >= 11 is 0. The third-order valence-corrected chi connectivity index (χ3v) is 9.85. The van der Waals surface area contributed by atoms with Crippen LogP contribution in [0.5, 0.6) is 0 Å². The molecule has 336 valence electrons. The maximum Gasteiger partial charge on any atom is 0.306 e. The molecule has 0 aliphatic heterocycles. The molecule has 2 unspecified atom stereocenters. The Hall–Kier alpha value is -3.49. The van der Waals surface area contributed by atoms with E-state index < -0.39 is 18.1 Å². The first kappa shape index (κ1) is 55.5. The van der Waals surface area contributed by atoms with Crippen molar-refractivity contribution < 1.29 is 38.2 Å². The van der Waals surface area contributed by atoms with Gasteiger partial charge in [-0.1, -0.05) is 163 Å². The number of allylic oxidation sites excluding steroid dienone is 14. The lowest BCUT2D eigenvalue weighted by molar-refractivity contribution is -0.889. The number of nitrogens with zero attached hydrogens (tertiary/aromatic N) is 1. The zero-order chi connectivity index (χ0) is 43.5. The third-order valence-electron chi connectivity index (χ3n) is 9.85. The van der Waals surface area contributed by atoms with Gasteiger partial charge < -0.3 is 28.6 Å². The number of esters is 2. The van der Waals surface area contributed by atoms with Gasteiger partial charge in [-0.15, -0.1) is 0 Å². The summed E-state index contributed by atoms with van der Waals surface area (Å²) in [4.78, 5) is 36.9. The largest absolute Gasteiger partial charge is 0.544 e. The number of carboxylic acids is 1. The molecule has 0 amide bonds. The van der Waals surface area contributed by atoms with Gasteiger partial charge >= 0.3 is 11.9 Å². The van der Waals surface area contributed by atoms with Crippen LogP contribution >= 0.6 is 0 Å². The molecule has 0 aromatic carbocycles. The molecule has 0 bridgehead atoms. The van der Waals surface area contributed by atoms with Crippen molar-refractivity contribution in [2.24, 2.45) is 0 Å². The first-order valence-corrected chi connectivity index (χ1v) is 23.2. The molecule has 0 aromatic rings. The molecule has 0 spiro atoms. The van der Waals surface area contributed by atoms with E-state index in [0.29, 0.717) is 12.8 Å². The second kappa shape index (κ2) is 41.3. The van der Waals surface area contributed by atoms with Gasteiger partial charge in [0.1, 0.15) is 12.6 Å². The van der Waals surface area contributed by atoms with Gasteiger partial charge in [0, 0.05) is 19.3 Å². The number of carbonyl (C=O) groups is 3. The number of quaternary nitrogens is 1. The second-order valence-corrected chi connectivity index (χ2v) is 16.4. The van der Waals surface area contributed by atoms with Crippen molar-refractivity contribution in [2.45, 2.75) is 180 Å². The van der Waals surface area contributed by atoms with Crippen molar-refractivity contribution in [1.29, 1.82) is 0 Å². The second-order valence-electron chi connectivity index (χ2n) is 16.4. The fourth-order valence-corrected chi connectivity index (χ4v) is 6.21. The Labute approximate surface area is 361 Å². The summed E-state index contributed by atoms with van der Waals surface area (Å²) in [6.45, 7) is 4.52. The van der Waals surface area contributed by atoms with Gasteiger partial charge in [0.15, 0.2) is 6.10 Å². The van der Waals surface area contributed by atoms with Crippen LogP contribution in [0.3, 0.4) is 0 Å². The zero-order valence-corrected chi connectivity index (χ0v) is 38.1. The van der Waals surface area contributed by atoms with E-state index in [4.69, 9.17) is 14.2 Å². The third kappa shape index (κ3) is 39.7. The Balaban J connectivity index is 4.48. The van der Waals surface area contributed by atoms with Gasteiger partial charge in [-0.3, -0.25) is 9.59 Å². The summed E-state index contributed by atoms with van der Waals surface area (Å²) in [5.74, 6) is -1.84. The molecule has 0 radical (unpaired) electrons. The Kier molecular flexibility index (Phi) is 38.8. The average Bonchev–Trinajstić information content (AvgIpc) is 3.19. The molecule has 0 aliphatic carbocycles. The fourth-order valence-electron chi connectivity index (χ4n) is 6.21. The van der Waals surface area contributed by atoms with Crippen LogP contribution in [0.1, 0.15) is 168 Å². The Morgan fingerprint density at radius 1 is 0.525 bits per heavy atom. The zero-order valence-electron chi connectivity index (χ0n) is 38.1. The number of hydrogen-bond acceptors (Lipinski definition) is 7. The smallest absolute Gasteiger partial charge is 0.306 e. The molecule has 8 nitrogen and oxygen atoms in total. The van der Waals surface area contributed by atoms with Crippen molar-refractivity contribution in [2.75, 3.05) is 41.0 Å². The van der Waals surface area contributed by atoms with Crippen LogP contribution in [-0.2, 0) is 28.6 Å². The molecule has 0 heterocycles. The topological polar surface area (TPSA) is 102 Å². The van der Waals surface area contributed by atoms with E-state index >= 15 is 0 Å². The predicted molar refractivity (Wildman–Crippen MR) is 245 cm³/mol. The first-order chi connectivity index (χ1) is 28.6. The van der Waals surface area contributed by atoms with E-state index in [1.807, 2.05) is 6.08 Å². The van der Waals surface area contributed by atoms with Crippen molar-refractivity contribution >= 4 is 17.9 Å². The van der Waals surface area contributed by atoms with Crippen molar-refractivity contribution in [3.63, 3.8) is 0 Å². The van der Waals surface area contributed by atoms with Crippen LogP contribution in [-0.4, -0.2) is 75.5 Å². The maximum absolute atomic E-state index is 12.7. The summed E-state index contributed by atoms with van der Waals surface area (Å²) in [6.07, 6.45) is 53.2. The molecule has 0 rings (SSSR count). The summed E-state index contributed by atoms with van der Waals surface area (Å²) in [6, 6.07) is -0.743. The summed E-state index contributed by atoms with van der Waals surface area (Å²) in [5, 5.41) is 11.6. The van der Waals surface area contributed by atoms with Crippen LogP contribution < -0.4 is 5.11 Å². The van der Waals surface area contributed by atoms with E-state index in [1.165, 1.54) is 57.8 Å². The van der Waals surface area contributed by atoms with Gasteiger partial charge in [0.25, 0.3) is 0 Å². The lowest BCUT2D eigenvalue weighted by Gasteiger charge is -2.34. The molecule has 8 heteroatoms. The molecule has 0 aliphatic rings. The lowest BCUT2D eigenvalue weighted by atomic mass is 10.1. The molecular weight excluding hydrogens is 739 g/mol. The predicted octanol–water partition coefficient (Wildman–Crippen LogP) is 11.6. The van der Waals surface area contributed by atoms with Crippen LogP contribution in [0.2, 0.25) is 0 Å². The molecule has 0 saturated carbocycles. The molecule has 59 heavy (non-hydrogen) atoms. The fraction of sp³-hybridized carbons (Fsp3) is 0.667. The highest BCUT2D eigenvalue weighted by Gasteiger charge is 2.25. The highest BCUT2D eigenvalue weighted by molar-refractivity contribution is 5.70. The number of unbranched alkanes of at least 4 members (excludes halogenated alkanes) is 15. The highest BCUT2D eigenvalue weighted by Crippen LogP contribution is 2.12. The molecule has 0 N–H and O–H groups in total. The monoisotopic (exact) mass is 824 g/mol. The normalized spacial score (nSPS) is 13.7. The van der Waals surface area contributed by atoms with E-state index in [1.54, 1.807) is 21.1 Å². The van der Waals surface area contributed by atoms with Crippen LogP contribution in [0.4, 0.5) is 0 Å². The van der Waals surface area contributed by atoms with Gasteiger partial charge in [-0.2, -0.15) is 0 Å². The van der Waals surface area contributed by atoms with Crippen LogP contribution in [0.15, 0.2) is 85.1 Å². The van der Waals surface area contributed by atoms with Gasteiger partial charge in [0.2, 0.25) is 0 Å². The molecule has 0 saturated heterocycles. The molecule has 2 atom stereocenters. The Morgan fingerprint density at radius 3 is 1.56 bits per heavy atom. The van der Waals surface area contributed by atoms with E-state index in [9.17, 15) is 19.5 Å². The maximum atomic E-state index is 12.7. The van der Waals surface area contributed by atoms with Gasteiger partial charge in [-0.25, -0.2) is 0 Å². The van der Waals surface area contributed by atoms with Crippen molar-refractivity contribution in [3.05, 3.63) is 85.1 Å².